The summed E-state index contributed by atoms with van der Waals surface area (Å²) in [6.45, 7) is 11.5. The van der Waals surface area contributed by atoms with E-state index in [1.54, 1.807) is 18.7 Å². The number of hydrogen-bond acceptors (Lipinski definition) is 2. The summed E-state index contributed by atoms with van der Waals surface area (Å²) in [5.74, 6) is -0.627. The second-order valence-electron chi connectivity index (χ2n) is 6.81. The highest BCUT2D eigenvalue weighted by atomic mass is 16.4. The predicted molar refractivity (Wildman–Crippen MR) is 73.9 cm³/mol. The number of rotatable bonds is 3. The maximum atomic E-state index is 12.1. The molecule has 0 radical (unpaired) electrons. The predicted octanol–water partition coefficient (Wildman–Crippen LogP) is 2.17. The summed E-state index contributed by atoms with van der Waals surface area (Å²) in [7, 11) is 0. The number of carbonyl (C=O) groups is 2. The molecule has 0 bridgehead atoms. The van der Waals surface area contributed by atoms with Crippen LogP contribution < -0.4 is 5.32 Å². The Morgan fingerprint density at radius 1 is 1.32 bits per heavy atom. The maximum Gasteiger partial charge on any atom is 0.326 e. The van der Waals surface area contributed by atoms with E-state index in [-0.39, 0.29) is 17.4 Å². The molecule has 0 spiro atoms. The van der Waals surface area contributed by atoms with E-state index >= 15 is 0 Å². The van der Waals surface area contributed by atoms with E-state index in [1.807, 2.05) is 0 Å². The molecule has 5 heteroatoms. The van der Waals surface area contributed by atoms with Gasteiger partial charge in [0.2, 0.25) is 0 Å². The smallest absolute Gasteiger partial charge is 0.326 e. The van der Waals surface area contributed by atoms with Crippen molar-refractivity contribution in [1.29, 1.82) is 0 Å². The van der Waals surface area contributed by atoms with Crippen LogP contribution in [0.5, 0.6) is 0 Å². The second-order valence-corrected chi connectivity index (χ2v) is 6.81. The molecule has 110 valence electrons. The van der Waals surface area contributed by atoms with Gasteiger partial charge in [-0.25, -0.2) is 9.59 Å². The van der Waals surface area contributed by atoms with Crippen molar-refractivity contribution in [3.05, 3.63) is 0 Å². The lowest BCUT2D eigenvalue weighted by Crippen LogP contribution is -2.49. The van der Waals surface area contributed by atoms with Crippen LogP contribution in [0.4, 0.5) is 4.79 Å². The zero-order valence-corrected chi connectivity index (χ0v) is 12.6. The lowest BCUT2D eigenvalue weighted by atomic mass is 9.80. The minimum Gasteiger partial charge on any atom is -0.480 e. The van der Waals surface area contributed by atoms with Crippen LogP contribution in [-0.4, -0.2) is 41.1 Å². The van der Waals surface area contributed by atoms with E-state index in [9.17, 15) is 9.59 Å². The molecule has 1 rings (SSSR count). The minimum absolute atomic E-state index is 0.123. The number of urea groups is 1. The summed E-state index contributed by atoms with van der Waals surface area (Å²) in [6, 6.07) is -1.07. The Balaban J connectivity index is 2.58. The molecule has 1 saturated heterocycles. The van der Waals surface area contributed by atoms with Crippen molar-refractivity contribution in [2.45, 2.75) is 47.1 Å². The van der Waals surface area contributed by atoms with Gasteiger partial charge in [-0.15, -0.1) is 0 Å². The summed E-state index contributed by atoms with van der Waals surface area (Å²) in [4.78, 5) is 24.9. The summed E-state index contributed by atoms with van der Waals surface area (Å²) in [5, 5.41) is 11.7. The van der Waals surface area contributed by atoms with Gasteiger partial charge in [-0.3, -0.25) is 0 Å². The molecular formula is C14H26N2O3. The van der Waals surface area contributed by atoms with Gasteiger partial charge >= 0.3 is 12.0 Å². The third-order valence-corrected chi connectivity index (χ3v) is 3.91. The Hall–Kier alpha value is -1.26. The highest BCUT2D eigenvalue weighted by Crippen LogP contribution is 2.33. The van der Waals surface area contributed by atoms with Gasteiger partial charge in [0.15, 0.2) is 0 Å². The van der Waals surface area contributed by atoms with E-state index in [0.29, 0.717) is 19.0 Å². The largest absolute Gasteiger partial charge is 0.480 e. The molecule has 0 aromatic rings. The van der Waals surface area contributed by atoms with Crippen LogP contribution in [0.3, 0.4) is 0 Å². The Bertz CT molecular complexity index is 347. The van der Waals surface area contributed by atoms with Crippen molar-refractivity contribution in [3.8, 4) is 0 Å². The van der Waals surface area contributed by atoms with Gasteiger partial charge in [0.25, 0.3) is 0 Å². The second kappa shape index (κ2) is 5.80. The fraction of sp³-hybridized carbons (Fsp3) is 0.857. The average Bonchev–Trinajstić information content (AvgIpc) is 2.73. The van der Waals surface area contributed by atoms with Crippen molar-refractivity contribution in [2.24, 2.45) is 17.3 Å². The molecule has 0 aromatic carbocycles. The Kier molecular flexibility index (Phi) is 4.82. The lowest BCUT2D eigenvalue weighted by Gasteiger charge is -2.27. The molecule has 2 unspecified atom stereocenters. The van der Waals surface area contributed by atoms with Crippen LogP contribution in [0.2, 0.25) is 0 Å². The van der Waals surface area contributed by atoms with Gasteiger partial charge in [0, 0.05) is 13.1 Å². The first kappa shape index (κ1) is 15.8. The zero-order chi connectivity index (χ0) is 14.8. The molecule has 2 atom stereocenters. The number of nitrogens with zero attached hydrogens (tertiary/aromatic N) is 1. The van der Waals surface area contributed by atoms with Crippen LogP contribution in [0.1, 0.15) is 41.0 Å². The molecule has 1 aliphatic heterocycles. The maximum absolute atomic E-state index is 12.1. The summed E-state index contributed by atoms with van der Waals surface area (Å²) in [5.41, 5.74) is 0.180. The minimum atomic E-state index is -0.977. The van der Waals surface area contributed by atoms with Crippen LogP contribution in [-0.2, 0) is 4.79 Å². The number of hydrogen-bond donors (Lipinski definition) is 2. The third kappa shape index (κ3) is 4.11. The number of nitrogens with one attached hydrogen (secondary N) is 1. The quantitative estimate of drug-likeness (QED) is 0.825. The van der Waals surface area contributed by atoms with Crippen molar-refractivity contribution in [1.82, 2.24) is 10.2 Å². The molecule has 1 fully saturated rings. The van der Waals surface area contributed by atoms with Gasteiger partial charge in [-0.2, -0.15) is 0 Å². The van der Waals surface area contributed by atoms with Gasteiger partial charge in [0.1, 0.15) is 6.04 Å². The number of aliphatic carboxylic acids is 1. The van der Waals surface area contributed by atoms with E-state index in [1.165, 1.54) is 0 Å². The summed E-state index contributed by atoms with van der Waals surface area (Å²) >= 11 is 0. The molecular weight excluding hydrogens is 244 g/mol. The van der Waals surface area contributed by atoms with Crippen LogP contribution in [0.25, 0.3) is 0 Å². The number of likely N-dealkylation sites (tertiary alicyclic amines) is 1. The normalized spacial score (nSPS) is 21.6. The van der Waals surface area contributed by atoms with E-state index < -0.39 is 12.0 Å². The van der Waals surface area contributed by atoms with Crippen molar-refractivity contribution in [3.63, 3.8) is 0 Å². The first-order valence-electron chi connectivity index (χ1n) is 6.91. The van der Waals surface area contributed by atoms with E-state index in [0.717, 1.165) is 6.42 Å². The fourth-order valence-corrected chi connectivity index (χ4v) is 2.39. The topological polar surface area (TPSA) is 69.6 Å². The van der Waals surface area contributed by atoms with Gasteiger partial charge in [-0.1, -0.05) is 34.6 Å². The molecule has 2 N–H and O–H groups in total. The van der Waals surface area contributed by atoms with Gasteiger partial charge in [0.05, 0.1) is 0 Å². The van der Waals surface area contributed by atoms with Gasteiger partial charge in [-0.05, 0) is 23.7 Å². The molecule has 2 amide bonds. The number of carbonyl (C=O) groups excluding carboxylic acids is 1. The van der Waals surface area contributed by atoms with Crippen LogP contribution >= 0.6 is 0 Å². The average molecular weight is 270 g/mol. The monoisotopic (exact) mass is 270 g/mol. The lowest BCUT2D eigenvalue weighted by molar-refractivity contribution is -0.140. The SMILES string of the molecule is CC(C)C(NC(=O)N1CCC(C(C)(C)C)C1)C(=O)O. The van der Waals surface area contributed by atoms with Crippen molar-refractivity contribution >= 4 is 12.0 Å². The summed E-state index contributed by atoms with van der Waals surface area (Å²) in [6.07, 6.45) is 0.982. The molecule has 5 nitrogen and oxygen atoms in total. The zero-order valence-electron chi connectivity index (χ0n) is 12.6. The Morgan fingerprint density at radius 3 is 2.26 bits per heavy atom. The van der Waals surface area contributed by atoms with Crippen molar-refractivity contribution in [2.75, 3.05) is 13.1 Å². The molecule has 0 aromatic heterocycles. The molecule has 19 heavy (non-hydrogen) atoms. The Morgan fingerprint density at radius 2 is 1.89 bits per heavy atom. The highest BCUT2D eigenvalue weighted by molar-refractivity contribution is 5.82. The van der Waals surface area contributed by atoms with Crippen LogP contribution in [0.15, 0.2) is 0 Å². The van der Waals surface area contributed by atoms with E-state index in [4.69, 9.17) is 5.11 Å². The van der Waals surface area contributed by atoms with Crippen LogP contribution in [0, 0.1) is 17.3 Å². The van der Waals surface area contributed by atoms with Gasteiger partial charge < -0.3 is 15.3 Å². The van der Waals surface area contributed by atoms with E-state index in [2.05, 4.69) is 26.1 Å². The first-order valence-corrected chi connectivity index (χ1v) is 6.91. The molecule has 0 aliphatic carbocycles. The first-order chi connectivity index (χ1) is 8.62. The fourth-order valence-electron chi connectivity index (χ4n) is 2.39. The number of carboxylic acid groups (broad SMARTS) is 1. The Labute approximate surface area is 115 Å². The molecule has 1 heterocycles. The number of amides is 2. The molecule has 1 aliphatic rings. The van der Waals surface area contributed by atoms with Crippen molar-refractivity contribution < 1.29 is 14.7 Å². The highest BCUT2D eigenvalue weighted by Gasteiger charge is 2.35. The molecule has 0 saturated carbocycles. The standard InChI is InChI=1S/C14H26N2O3/c1-9(2)11(12(17)18)15-13(19)16-7-6-10(8-16)14(3,4)5/h9-11H,6-8H2,1-5H3,(H,15,19)(H,17,18). The number of carboxylic acids is 1. The summed E-state index contributed by atoms with van der Waals surface area (Å²) < 4.78 is 0. The third-order valence-electron chi connectivity index (χ3n) is 3.91.